The van der Waals surface area contributed by atoms with Gasteiger partial charge in [0.15, 0.2) is 0 Å². The Labute approximate surface area is 161 Å². The Balaban J connectivity index is 1.77. The van der Waals surface area contributed by atoms with Gasteiger partial charge in [0.25, 0.3) is 5.69 Å². The smallest absolute Gasteiger partial charge is 0.340 e. The minimum Gasteiger partial charge on any atom is -0.465 e. The third kappa shape index (κ3) is 3.42. The Morgan fingerprint density at radius 1 is 1.46 bits per heavy atom. The van der Waals surface area contributed by atoms with E-state index in [1.165, 1.54) is 30.6 Å². The number of carbonyl (C=O) groups is 2. The van der Waals surface area contributed by atoms with Crippen LogP contribution in [0.3, 0.4) is 0 Å². The van der Waals surface area contributed by atoms with E-state index >= 15 is 0 Å². The zero-order valence-electron chi connectivity index (χ0n) is 13.6. The van der Waals surface area contributed by atoms with Gasteiger partial charge in [-0.15, -0.1) is 11.3 Å². The van der Waals surface area contributed by atoms with Crippen molar-refractivity contribution in [2.75, 3.05) is 23.9 Å². The highest BCUT2D eigenvalue weighted by Crippen LogP contribution is 2.34. The van der Waals surface area contributed by atoms with Gasteiger partial charge in [-0.05, 0) is 39.9 Å². The van der Waals surface area contributed by atoms with Crippen molar-refractivity contribution in [2.45, 2.75) is 12.5 Å². The predicted octanol–water partition coefficient (Wildman–Crippen LogP) is 3.42. The molecule has 1 aliphatic rings. The number of nitro groups is 1. The molecule has 1 amide bonds. The molecule has 0 spiro atoms. The maximum Gasteiger partial charge on any atom is 0.340 e. The minimum atomic E-state index is -0.486. The Morgan fingerprint density at radius 3 is 2.88 bits per heavy atom. The average Bonchev–Trinajstić information content (AvgIpc) is 3.23. The van der Waals surface area contributed by atoms with Crippen molar-refractivity contribution in [1.82, 2.24) is 0 Å². The zero-order chi connectivity index (χ0) is 18.8. The summed E-state index contributed by atoms with van der Waals surface area (Å²) < 4.78 is 5.26. The van der Waals surface area contributed by atoms with Gasteiger partial charge in [-0.3, -0.25) is 14.9 Å². The topological polar surface area (TPSA) is 102 Å². The monoisotopic (exact) mass is 439 g/mol. The summed E-state index contributed by atoms with van der Waals surface area (Å²) in [6.45, 7) is 0.464. The van der Waals surface area contributed by atoms with Crippen LogP contribution in [0.15, 0.2) is 34.1 Å². The van der Waals surface area contributed by atoms with E-state index in [1.807, 2.05) is 0 Å². The second-order valence-corrected chi connectivity index (χ2v) is 7.28. The van der Waals surface area contributed by atoms with Crippen molar-refractivity contribution < 1.29 is 19.2 Å². The molecule has 10 heteroatoms. The summed E-state index contributed by atoms with van der Waals surface area (Å²) in [5.74, 6) is -0.647. The summed E-state index contributed by atoms with van der Waals surface area (Å²) >= 11 is 4.59. The molecule has 1 N–H and O–H groups in total. The number of amides is 1. The highest BCUT2D eigenvalue weighted by molar-refractivity contribution is 9.10. The molecular formula is C16H14BrN3O5S. The highest BCUT2D eigenvalue weighted by atomic mass is 79.9. The number of rotatable bonds is 5. The van der Waals surface area contributed by atoms with Gasteiger partial charge < -0.3 is 15.0 Å². The average molecular weight is 440 g/mol. The van der Waals surface area contributed by atoms with Crippen LogP contribution >= 0.6 is 27.3 Å². The maximum atomic E-state index is 12.8. The number of esters is 1. The molecule has 1 aliphatic heterocycles. The van der Waals surface area contributed by atoms with Crippen LogP contribution in [0.2, 0.25) is 0 Å². The molecule has 0 saturated carbocycles. The van der Waals surface area contributed by atoms with Crippen molar-refractivity contribution in [3.05, 3.63) is 49.8 Å². The third-order valence-electron chi connectivity index (χ3n) is 3.99. The molecule has 0 bridgehead atoms. The number of non-ortho nitro benzene ring substituents is 1. The van der Waals surface area contributed by atoms with Gasteiger partial charge in [0.05, 0.1) is 17.6 Å². The number of nitrogens with one attached hydrogen (secondary N) is 1. The lowest BCUT2D eigenvalue weighted by atomic mass is 10.2. The zero-order valence-corrected chi connectivity index (χ0v) is 16.0. The van der Waals surface area contributed by atoms with Gasteiger partial charge in [0.1, 0.15) is 11.0 Å². The molecule has 26 heavy (non-hydrogen) atoms. The van der Waals surface area contributed by atoms with Crippen LogP contribution in [0.5, 0.6) is 0 Å². The first-order valence-electron chi connectivity index (χ1n) is 7.60. The summed E-state index contributed by atoms with van der Waals surface area (Å²) in [7, 11) is 1.30. The molecule has 1 aromatic heterocycles. The van der Waals surface area contributed by atoms with E-state index in [0.29, 0.717) is 33.7 Å². The van der Waals surface area contributed by atoms with Gasteiger partial charge in [-0.1, -0.05) is 0 Å². The summed E-state index contributed by atoms with van der Waals surface area (Å²) in [5, 5.41) is 16.2. The van der Waals surface area contributed by atoms with E-state index in [1.54, 1.807) is 22.4 Å². The van der Waals surface area contributed by atoms with Gasteiger partial charge >= 0.3 is 5.97 Å². The number of anilines is 2. The van der Waals surface area contributed by atoms with Crippen LogP contribution in [-0.4, -0.2) is 36.5 Å². The number of halogens is 1. The van der Waals surface area contributed by atoms with E-state index in [9.17, 15) is 19.7 Å². The Hall–Kier alpha value is -2.46. The van der Waals surface area contributed by atoms with Crippen molar-refractivity contribution in [3.8, 4) is 0 Å². The fraction of sp³-hybridized carbons (Fsp3) is 0.250. The van der Waals surface area contributed by atoms with Gasteiger partial charge in [0, 0.05) is 28.8 Å². The summed E-state index contributed by atoms with van der Waals surface area (Å²) in [6.07, 6.45) is 0.542. The fourth-order valence-electron chi connectivity index (χ4n) is 2.71. The molecule has 3 rings (SSSR count). The maximum absolute atomic E-state index is 12.8. The third-order valence-corrected chi connectivity index (χ3v) is 5.59. The van der Waals surface area contributed by atoms with Crippen LogP contribution in [0, 0.1) is 10.1 Å². The lowest BCUT2D eigenvalue weighted by molar-refractivity contribution is -0.384. The lowest BCUT2D eigenvalue weighted by Crippen LogP contribution is -2.33. The normalized spacial score (nSPS) is 16.6. The quantitative estimate of drug-likeness (QED) is 0.434. The molecule has 136 valence electrons. The van der Waals surface area contributed by atoms with Crippen LogP contribution in [-0.2, 0) is 9.53 Å². The van der Waals surface area contributed by atoms with Gasteiger partial charge in [-0.2, -0.15) is 0 Å². The molecular weight excluding hydrogens is 426 g/mol. The number of hydrogen-bond acceptors (Lipinski definition) is 7. The van der Waals surface area contributed by atoms with Crippen molar-refractivity contribution in [1.29, 1.82) is 0 Å². The number of ether oxygens (including phenoxy) is 1. The Bertz CT molecular complexity index is 885. The SMILES string of the molecule is COC(=O)c1ccsc1N1CCC(Nc2ccc([N+](=O)[O-])cc2Br)C1=O. The molecule has 0 radical (unpaired) electrons. The van der Waals surface area contributed by atoms with E-state index in [-0.39, 0.29) is 11.6 Å². The number of methoxy groups -OCH3 is 1. The largest absolute Gasteiger partial charge is 0.465 e. The van der Waals surface area contributed by atoms with Crippen LogP contribution in [0.4, 0.5) is 16.4 Å². The fourth-order valence-corrected chi connectivity index (χ4v) is 4.11. The van der Waals surface area contributed by atoms with Crippen LogP contribution < -0.4 is 10.2 Å². The molecule has 1 atom stereocenters. The van der Waals surface area contributed by atoms with Crippen molar-refractivity contribution >= 4 is 55.5 Å². The molecule has 1 unspecified atom stereocenters. The number of carbonyl (C=O) groups excluding carboxylic acids is 2. The minimum absolute atomic E-state index is 0.0388. The summed E-state index contributed by atoms with van der Waals surface area (Å²) in [4.78, 5) is 36.5. The van der Waals surface area contributed by atoms with Crippen LogP contribution in [0.25, 0.3) is 0 Å². The second-order valence-electron chi connectivity index (χ2n) is 5.53. The van der Waals surface area contributed by atoms with Gasteiger partial charge in [0.2, 0.25) is 5.91 Å². The van der Waals surface area contributed by atoms with E-state index in [4.69, 9.17) is 4.74 Å². The van der Waals surface area contributed by atoms with E-state index < -0.39 is 16.9 Å². The number of benzene rings is 1. The first-order chi connectivity index (χ1) is 12.4. The Kier molecular flexibility index (Phi) is 5.23. The first kappa shape index (κ1) is 18.3. The molecule has 1 aromatic carbocycles. The molecule has 0 aliphatic carbocycles. The van der Waals surface area contributed by atoms with E-state index in [0.717, 1.165) is 0 Å². The molecule has 8 nitrogen and oxygen atoms in total. The molecule has 2 aromatic rings. The van der Waals surface area contributed by atoms with Crippen molar-refractivity contribution in [2.24, 2.45) is 0 Å². The number of nitro benzene ring substituents is 1. The Morgan fingerprint density at radius 2 is 2.23 bits per heavy atom. The lowest BCUT2D eigenvalue weighted by Gasteiger charge is -2.17. The number of hydrogen-bond donors (Lipinski definition) is 1. The predicted molar refractivity (Wildman–Crippen MR) is 101 cm³/mol. The second kappa shape index (κ2) is 7.42. The van der Waals surface area contributed by atoms with Gasteiger partial charge in [-0.25, -0.2) is 4.79 Å². The summed E-state index contributed by atoms with van der Waals surface area (Å²) in [5.41, 5.74) is 0.918. The summed E-state index contributed by atoms with van der Waals surface area (Å²) in [6, 6.07) is 5.46. The number of nitrogens with zero attached hydrogens (tertiary/aromatic N) is 2. The molecule has 2 heterocycles. The first-order valence-corrected chi connectivity index (χ1v) is 9.27. The molecule has 1 saturated heterocycles. The van der Waals surface area contributed by atoms with Crippen molar-refractivity contribution in [3.63, 3.8) is 0 Å². The number of thiophene rings is 1. The highest BCUT2D eigenvalue weighted by Gasteiger charge is 2.35. The standard InChI is InChI=1S/C16H14BrN3O5S/c1-25-16(22)10-5-7-26-15(10)19-6-4-13(14(19)21)18-12-3-2-9(20(23)24)8-11(12)17/h2-3,5,7-8,13,18H,4,6H2,1H3. The van der Waals surface area contributed by atoms with Crippen LogP contribution in [0.1, 0.15) is 16.8 Å². The van der Waals surface area contributed by atoms with E-state index in [2.05, 4.69) is 21.2 Å². The molecule has 1 fully saturated rings.